The van der Waals surface area contributed by atoms with Crippen molar-refractivity contribution in [3.8, 4) is 0 Å². The number of hydrogen-bond acceptors (Lipinski definition) is 8. The highest BCUT2D eigenvalue weighted by atomic mass is 31.2. The van der Waals surface area contributed by atoms with Crippen LogP contribution in [0.5, 0.6) is 0 Å². The van der Waals surface area contributed by atoms with E-state index in [0.29, 0.717) is 11.1 Å². The van der Waals surface area contributed by atoms with Gasteiger partial charge in [-0.2, -0.15) is 0 Å². The molecule has 0 amide bonds. The standard InChI is InChI=1S/C27H36N3O11P/c31-24(32)17-29(22(26(35)36)15-20-7-3-1-4-8-20)13-11-28(19-42(39,40)41)12-14-30(18-25(33)34)23(27(37)38)16-21-9-5-2-6-10-21/h1-10,22-23H,11-19H2,(H,31,32)(H,33,34)(H,35,36)(H,37,38)(H2,39,40,41)/t22-,23-/m0/s1. The second-order valence-electron chi connectivity index (χ2n) is 9.74. The van der Waals surface area contributed by atoms with Crippen LogP contribution in [0.1, 0.15) is 11.1 Å². The van der Waals surface area contributed by atoms with Gasteiger partial charge in [-0.05, 0) is 24.0 Å². The molecule has 0 aliphatic rings. The van der Waals surface area contributed by atoms with Crippen LogP contribution in [0.3, 0.4) is 0 Å². The molecule has 0 aliphatic heterocycles. The van der Waals surface area contributed by atoms with E-state index in [4.69, 9.17) is 0 Å². The normalized spacial score (nSPS) is 13.3. The van der Waals surface area contributed by atoms with Crippen LogP contribution in [0.15, 0.2) is 60.7 Å². The number of carbonyl (C=O) groups is 4. The van der Waals surface area contributed by atoms with Crippen molar-refractivity contribution >= 4 is 31.5 Å². The Kier molecular flexibility index (Phi) is 13.7. The Morgan fingerprint density at radius 1 is 0.619 bits per heavy atom. The molecule has 0 saturated carbocycles. The molecule has 0 radical (unpaired) electrons. The molecule has 2 atom stereocenters. The van der Waals surface area contributed by atoms with Gasteiger partial charge >= 0.3 is 31.5 Å². The molecule has 6 N–H and O–H groups in total. The van der Waals surface area contributed by atoms with Crippen LogP contribution in [0.2, 0.25) is 0 Å². The molecule has 230 valence electrons. The zero-order chi connectivity index (χ0) is 31.3. The summed E-state index contributed by atoms with van der Waals surface area (Å²) in [4.78, 5) is 70.3. The first kappa shape index (κ1) is 34.6. The van der Waals surface area contributed by atoms with Crippen molar-refractivity contribution in [2.45, 2.75) is 24.9 Å². The van der Waals surface area contributed by atoms with Gasteiger partial charge in [-0.3, -0.25) is 38.4 Å². The highest BCUT2D eigenvalue weighted by molar-refractivity contribution is 7.51. The second-order valence-corrected chi connectivity index (χ2v) is 11.4. The Morgan fingerprint density at radius 3 is 1.26 bits per heavy atom. The van der Waals surface area contributed by atoms with Gasteiger partial charge in [0.2, 0.25) is 0 Å². The third-order valence-electron chi connectivity index (χ3n) is 6.46. The molecule has 0 aliphatic carbocycles. The highest BCUT2D eigenvalue weighted by Gasteiger charge is 2.31. The first-order valence-electron chi connectivity index (χ1n) is 13.0. The summed E-state index contributed by atoms with van der Waals surface area (Å²) in [6, 6.07) is 14.6. The smallest absolute Gasteiger partial charge is 0.339 e. The Morgan fingerprint density at radius 2 is 0.976 bits per heavy atom. The number of rotatable bonds is 20. The molecule has 2 rings (SSSR count). The van der Waals surface area contributed by atoms with Crippen molar-refractivity contribution in [2.24, 2.45) is 0 Å². The van der Waals surface area contributed by atoms with E-state index in [1.165, 1.54) is 14.7 Å². The number of nitrogens with zero attached hydrogens (tertiary/aromatic N) is 3. The number of carboxylic acid groups (broad SMARTS) is 4. The Labute approximate surface area is 242 Å². The van der Waals surface area contributed by atoms with Crippen molar-refractivity contribution in [2.75, 3.05) is 45.6 Å². The molecular weight excluding hydrogens is 573 g/mol. The van der Waals surface area contributed by atoms with Gasteiger partial charge in [0.15, 0.2) is 0 Å². The van der Waals surface area contributed by atoms with Gasteiger partial charge in [0.1, 0.15) is 18.4 Å². The van der Waals surface area contributed by atoms with Gasteiger partial charge in [-0.1, -0.05) is 60.7 Å². The largest absolute Gasteiger partial charge is 0.480 e. The summed E-state index contributed by atoms with van der Waals surface area (Å²) < 4.78 is 11.9. The molecule has 2 aromatic carbocycles. The van der Waals surface area contributed by atoms with Crippen LogP contribution in [0.25, 0.3) is 0 Å². The molecule has 0 fully saturated rings. The lowest BCUT2D eigenvalue weighted by Gasteiger charge is -2.33. The monoisotopic (exact) mass is 609 g/mol. The van der Waals surface area contributed by atoms with E-state index >= 15 is 0 Å². The van der Waals surface area contributed by atoms with Gasteiger partial charge < -0.3 is 30.2 Å². The molecular formula is C27H36N3O11P. The maximum absolute atomic E-state index is 12.1. The SMILES string of the molecule is O=C(O)CN(CCN(CCN(CC(=O)O)[C@@H](Cc1ccccc1)C(=O)O)CP(=O)(O)O)[C@@H](Cc1ccccc1)C(=O)O. The Balaban J connectivity index is 2.25. The summed E-state index contributed by atoms with van der Waals surface area (Å²) in [6.07, 6.45) is -0.829. The van der Waals surface area contributed by atoms with Gasteiger partial charge in [-0.15, -0.1) is 0 Å². The number of hydrogen-bond donors (Lipinski definition) is 6. The first-order valence-corrected chi connectivity index (χ1v) is 14.8. The average Bonchev–Trinajstić information content (AvgIpc) is 2.90. The number of aliphatic carboxylic acids is 4. The Hall–Kier alpha value is -3.65. The van der Waals surface area contributed by atoms with Crippen LogP contribution in [-0.4, -0.2) is 126 Å². The fourth-order valence-corrected chi connectivity index (χ4v) is 5.31. The van der Waals surface area contributed by atoms with Crippen LogP contribution in [-0.2, 0) is 36.6 Å². The van der Waals surface area contributed by atoms with Gasteiger partial charge in [0, 0.05) is 26.2 Å². The minimum Gasteiger partial charge on any atom is -0.480 e. The second kappa shape index (κ2) is 16.7. The molecule has 14 nitrogen and oxygen atoms in total. The van der Waals surface area contributed by atoms with Crippen molar-refractivity contribution < 1.29 is 54.0 Å². The molecule has 0 heterocycles. The maximum atomic E-state index is 12.1. The molecule has 0 spiro atoms. The van der Waals surface area contributed by atoms with Crippen LogP contribution < -0.4 is 0 Å². The zero-order valence-corrected chi connectivity index (χ0v) is 23.7. The van der Waals surface area contributed by atoms with Crippen molar-refractivity contribution in [1.29, 1.82) is 0 Å². The van der Waals surface area contributed by atoms with Crippen molar-refractivity contribution in [1.82, 2.24) is 14.7 Å². The summed E-state index contributed by atoms with van der Waals surface area (Å²) in [6.45, 7) is -2.10. The van der Waals surface area contributed by atoms with Crippen LogP contribution >= 0.6 is 7.60 Å². The van der Waals surface area contributed by atoms with Gasteiger partial charge in [0.25, 0.3) is 0 Å². The van der Waals surface area contributed by atoms with E-state index < -0.39 is 62.9 Å². The highest BCUT2D eigenvalue weighted by Crippen LogP contribution is 2.35. The Bertz CT molecular complexity index is 1140. The van der Waals surface area contributed by atoms with Crippen molar-refractivity contribution in [3.05, 3.63) is 71.8 Å². The molecule has 0 saturated heterocycles. The van der Waals surface area contributed by atoms with E-state index in [0.717, 1.165) is 0 Å². The van der Waals surface area contributed by atoms with Crippen LogP contribution in [0, 0.1) is 0 Å². The van der Waals surface area contributed by atoms with E-state index in [2.05, 4.69) is 0 Å². The number of carboxylic acids is 4. The summed E-state index contributed by atoms with van der Waals surface area (Å²) in [5.74, 6) is -5.15. The van der Waals surface area contributed by atoms with Gasteiger partial charge in [-0.25, -0.2) is 0 Å². The molecule has 0 bridgehead atoms. The predicted octanol–water partition coefficient (Wildman–Crippen LogP) is 0.589. The molecule has 2 aromatic rings. The zero-order valence-electron chi connectivity index (χ0n) is 22.8. The third kappa shape index (κ3) is 12.9. The van der Waals surface area contributed by atoms with E-state index in [1.807, 2.05) is 0 Å². The summed E-state index contributed by atoms with van der Waals surface area (Å²) in [7, 11) is -4.67. The molecule has 0 unspecified atom stereocenters. The fraction of sp³-hybridized carbons (Fsp3) is 0.407. The summed E-state index contributed by atoms with van der Waals surface area (Å²) >= 11 is 0. The average molecular weight is 610 g/mol. The third-order valence-corrected chi connectivity index (χ3v) is 7.23. The topological polar surface area (TPSA) is 216 Å². The maximum Gasteiger partial charge on any atom is 0.339 e. The molecule has 15 heteroatoms. The first-order chi connectivity index (χ1) is 19.7. The summed E-state index contributed by atoms with van der Waals surface area (Å²) in [5, 5.41) is 38.6. The quantitative estimate of drug-likeness (QED) is 0.113. The van der Waals surface area contributed by atoms with E-state index in [-0.39, 0.29) is 39.0 Å². The number of benzene rings is 2. The minimum atomic E-state index is -4.67. The van der Waals surface area contributed by atoms with E-state index in [9.17, 15) is 54.0 Å². The lowest BCUT2D eigenvalue weighted by Crippen LogP contribution is -2.51. The van der Waals surface area contributed by atoms with Crippen molar-refractivity contribution in [3.63, 3.8) is 0 Å². The molecule has 0 aromatic heterocycles. The minimum absolute atomic E-state index is 0.0197. The molecule has 42 heavy (non-hydrogen) atoms. The van der Waals surface area contributed by atoms with E-state index in [1.54, 1.807) is 60.7 Å². The fourth-order valence-electron chi connectivity index (χ4n) is 4.51. The lowest BCUT2D eigenvalue weighted by atomic mass is 10.0. The predicted molar refractivity (Wildman–Crippen MR) is 150 cm³/mol. The van der Waals surface area contributed by atoms with Crippen LogP contribution in [0.4, 0.5) is 0 Å². The lowest BCUT2D eigenvalue weighted by molar-refractivity contribution is -0.147. The summed E-state index contributed by atoms with van der Waals surface area (Å²) in [5.41, 5.74) is 1.30. The van der Waals surface area contributed by atoms with Gasteiger partial charge in [0.05, 0.1) is 13.1 Å².